The van der Waals surface area contributed by atoms with Gasteiger partial charge >= 0.3 is 0 Å². The van der Waals surface area contributed by atoms with Crippen LogP contribution in [-0.2, 0) is 11.3 Å². The molecule has 1 heterocycles. The molecule has 2 nitrogen and oxygen atoms in total. The molecular formula is C9H12ClNOS2. The van der Waals surface area contributed by atoms with Crippen molar-refractivity contribution >= 4 is 40.6 Å². The summed E-state index contributed by atoms with van der Waals surface area (Å²) < 4.78 is 0.757. The van der Waals surface area contributed by atoms with Crippen LogP contribution in [0.25, 0.3) is 0 Å². The van der Waals surface area contributed by atoms with Crippen LogP contribution in [-0.4, -0.2) is 17.4 Å². The third-order valence-corrected chi connectivity index (χ3v) is 3.94. The summed E-state index contributed by atoms with van der Waals surface area (Å²) in [5.41, 5.74) is 0. The minimum Gasteiger partial charge on any atom is -0.350 e. The molecule has 1 amide bonds. The SMILES string of the molecule is CS[C@H](C)C(=O)NCc1ccc(Cl)s1. The number of rotatable bonds is 4. The summed E-state index contributed by atoms with van der Waals surface area (Å²) in [6, 6.07) is 3.77. The van der Waals surface area contributed by atoms with Gasteiger partial charge in [0.1, 0.15) is 0 Å². The molecule has 14 heavy (non-hydrogen) atoms. The summed E-state index contributed by atoms with van der Waals surface area (Å²) in [5, 5.41) is 2.86. The fraction of sp³-hybridized carbons (Fsp3) is 0.444. The molecule has 1 atom stereocenters. The largest absolute Gasteiger partial charge is 0.350 e. The third kappa shape index (κ3) is 3.52. The minimum atomic E-state index is 0.00503. The summed E-state index contributed by atoms with van der Waals surface area (Å²) in [5.74, 6) is 0.0713. The minimum absolute atomic E-state index is 0.00503. The Morgan fingerprint density at radius 2 is 2.43 bits per heavy atom. The first-order valence-corrected chi connectivity index (χ1v) is 6.66. The normalized spacial score (nSPS) is 12.5. The highest BCUT2D eigenvalue weighted by Gasteiger charge is 2.10. The Morgan fingerprint density at radius 3 is 2.93 bits per heavy atom. The van der Waals surface area contributed by atoms with Gasteiger partial charge in [-0.1, -0.05) is 11.6 Å². The summed E-state index contributed by atoms with van der Waals surface area (Å²) in [4.78, 5) is 12.5. The Balaban J connectivity index is 2.37. The fourth-order valence-electron chi connectivity index (χ4n) is 0.872. The number of hydrogen-bond acceptors (Lipinski definition) is 3. The van der Waals surface area contributed by atoms with Crippen molar-refractivity contribution in [2.45, 2.75) is 18.7 Å². The van der Waals surface area contributed by atoms with E-state index in [1.165, 1.54) is 23.1 Å². The number of nitrogens with one attached hydrogen (secondary N) is 1. The van der Waals surface area contributed by atoms with E-state index < -0.39 is 0 Å². The van der Waals surface area contributed by atoms with E-state index in [0.717, 1.165) is 9.21 Å². The van der Waals surface area contributed by atoms with Gasteiger partial charge in [0, 0.05) is 4.88 Å². The van der Waals surface area contributed by atoms with Crippen LogP contribution in [0.15, 0.2) is 12.1 Å². The second-order valence-electron chi connectivity index (χ2n) is 2.80. The lowest BCUT2D eigenvalue weighted by Gasteiger charge is -2.08. The lowest BCUT2D eigenvalue weighted by atomic mass is 10.4. The zero-order valence-electron chi connectivity index (χ0n) is 8.04. The van der Waals surface area contributed by atoms with Crippen LogP contribution in [0.2, 0.25) is 4.34 Å². The van der Waals surface area contributed by atoms with Crippen molar-refractivity contribution in [3.63, 3.8) is 0 Å². The smallest absolute Gasteiger partial charge is 0.233 e. The van der Waals surface area contributed by atoms with Gasteiger partial charge in [0.25, 0.3) is 0 Å². The monoisotopic (exact) mass is 249 g/mol. The van der Waals surface area contributed by atoms with Crippen molar-refractivity contribution in [1.82, 2.24) is 5.32 Å². The fourth-order valence-corrected chi connectivity index (χ4v) is 2.20. The Kier molecular flexibility index (Phi) is 4.78. The molecule has 0 spiro atoms. The quantitative estimate of drug-likeness (QED) is 0.889. The lowest BCUT2D eigenvalue weighted by molar-refractivity contribution is -0.120. The van der Waals surface area contributed by atoms with E-state index in [1.54, 1.807) is 0 Å². The van der Waals surface area contributed by atoms with E-state index in [2.05, 4.69) is 5.32 Å². The van der Waals surface area contributed by atoms with Crippen LogP contribution in [0.5, 0.6) is 0 Å². The van der Waals surface area contributed by atoms with E-state index in [9.17, 15) is 4.79 Å². The van der Waals surface area contributed by atoms with Crippen LogP contribution in [0.1, 0.15) is 11.8 Å². The molecule has 0 fully saturated rings. The molecule has 0 aliphatic carbocycles. The molecule has 1 aromatic rings. The zero-order chi connectivity index (χ0) is 10.6. The number of carbonyl (C=O) groups is 1. The van der Waals surface area contributed by atoms with Crippen molar-refractivity contribution < 1.29 is 4.79 Å². The molecule has 1 N–H and O–H groups in total. The molecule has 5 heteroatoms. The van der Waals surface area contributed by atoms with Gasteiger partial charge < -0.3 is 5.32 Å². The van der Waals surface area contributed by atoms with Crippen LogP contribution in [0, 0.1) is 0 Å². The maximum atomic E-state index is 11.4. The van der Waals surface area contributed by atoms with Crippen LogP contribution >= 0.6 is 34.7 Å². The average molecular weight is 250 g/mol. The molecule has 0 saturated heterocycles. The van der Waals surface area contributed by atoms with Crippen molar-refractivity contribution in [3.05, 3.63) is 21.3 Å². The van der Waals surface area contributed by atoms with Gasteiger partial charge in [-0.3, -0.25) is 4.79 Å². The van der Waals surface area contributed by atoms with E-state index in [4.69, 9.17) is 11.6 Å². The van der Waals surface area contributed by atoms with Crippen LogP contribution in [0.4, 0.5) is 0 Å². The summed E-state index contributed by atoms with van der Waals surface area (Å²) >= 11 is 8.80. The Bertz CT molecular complexity index is 314. The zero-order valence-corrected chi connectivity index (χ0v) is 10.4. The Labute approximate surface area is 97.0 Å². The highest BCUT2D eigenvalue weighted by atomic mass is 35.5. The molecule has 0 radical (unpaired) electrons. The highest BCUT2D eigenvalue weighted by Crippen LogP contribution is 2.21. The Hall–Kier alpha value is -0.190. The van der Waals surface area contributed by atoms with Crippen molar-refractivity contribution in [2.24, 2.45) is 0 Å². The summed E-state index contributed by atoms with van der Waals surface area (Å²) in [6.45, 7) is 2.46. The average Bonchev–Trinajstić information content (AvgIpc) is 2.59. The number of thiophene rings is 1. The molecule has 0 saturated carbocycles. The van der Waals surface area contributed by atoms with Gasteiger partial charge in [0.2, 0.25) is 5.91 Å². The number of carbonyl (C=O) groups excluding carboxylic acids is 1. The van der Waals surface area contributed by atoms with Gasteiger partial charge in [-0.2, -0.15) is 11.8 Å². The molecule has 0 aliphatic heterocycles. The molecule has 78 valence electrons. The first kappa shape index (κ1) is 11.9. The first-order chi connectivity index (χ1) is 6.63. The van der Waals surface area contributed by atoms with E-state index >= 15 is 0 Å². The third-order valence-electron chi connectivity index (χ3n) is 1.79. The Morgan fingerprint density at radius 1 is 1.71 bits per heavy atom. The lowest BCUT2D eigenvalue weighted by Crippen LogP contribution is -2.29. The molecular weight excluding hydrogens is 238 g/mol. The molecule has 0 aliphatic rings. The van der Waals surface area contributed by atoms with Crippen molar-refractivity contribution in [1.29, 1.82) is 0 Å². The second-order valence-corrected chi connectivity index (χ2v) is 5.78. The molecule has 0 bridgehead atoms. The number of thioether (sulfide) groups is 1. The molecule has 1 aromatic heterocycles. The van der Waals surface area contributed by atoms with Gasteiger partial charge in [0.05, 0.1) is 16.1 Å². The van der Waals surface area contributed by atoms with Crippen LogP contribution < -0.4 is 5.32 Å². The maximum absolute atomic E-state index is 11.4. The van der Waals surface area contributed by atoms with E-state index in [1.807, 2.05) is 25.3 Å². The van der Waals surface area contributed by atoms with Gasteiger partial charge in [-0.05, 0) is 25.3 Å². The molecule has 0 aromatic carbocycles. The molecule has 0 unspecified atom stereocenters. The maximum Gasteiger partial charge on any atom is 0.233 e. The predicted octanol–water partition coefficient (Wildman–Crippen LogP) is 2.77. The number of hydrogen-bond donors (Lipinski definition) is 1. The first-order valence-electron chi connectivity index (χ1n) is 4.18. The van der Waals surface area contributed by atoms with Gasteiger partial charge in [-0.25, -0.2) is 0 Å². The van der Waals surface area contributed by atoms with E-state index in [0.29, 0.717) is 6.54 Å². The van der Waals surface area contributed by atoms with Crippen LogP contribution in [0.3, 0.4) is 0 Å². The van der Waals surface area contributed by atoms with Gasteiger partial charge in [0.15, 0.2) is 0 Å². The second kappa shape index (κ2) is 5.63. The highest BCUT2D eigenvalue weighted by molar-refractivity contribution is 7.99. The summed E-state index contributed by atoms with van der Waals surface area (Å²) in [7, 11) is 0. The standard InChI is InChI=1S/C9H12ClNOS2/c1-6(13-2)9(12)11-5-7-3-4-8(10)14-7/h3-4,6H,5H2,1-2H3,(H,11,12)/t6-/m1/s1. The number of amides is 1. The van der Waals surface area contributed by atoms with Crippen molar-refractivity contribution in [2.75, 3.05) is 6.26 Å². The number of halogens is 1. The summed E-state index contributed by atoms with van der Waals surface area (Å²) in [6.07, 6.45) is 1.92. The predicted molar refractivity (Wildman–Crippen MR) is 64.2 cm³/mol. The van der Waals surface area contributed by atoms with E-state index in [-0.39, 0.29) is 11.2 Å². The topological polar surface area (TPSA) is 29.1 Å². The van der Waals surface area contributed by atoms with Crippen molar-refractivity contribution in [3.8, 4) is 0 Å². The molecule has 1 rings (SSSR count). The van der Waals surface area contributed by atoms with Gasteiger partial charge in [-0.15, -0.1) is 11.3 Å².